The van der Waals surface area contributed by atoms with Gasteiger partial charge in [-0.1, -0.05) is 45.0 Å². The van der Waals surface area contributed by atoms with Crippen LogP contribution in [-0.2, 0) is 5.41 Å². The Labute approximate surface area is 146 Å². The summed E-state index contributed by atoms with van der Waals surface area (Å²) >= 11 is 0. The fourth-order valence-electron chi connectivity index (χ4n) is 3.47. The molecule has 2 heterocycles. The van der Waals surface area contributed by atoms with Crippen LogP contribution >= 0.6 is 0 Å². The van der Waals surface area contributed by atoms with Crippen molar-refractivity contribution in [3.63, 3.8) is 0 Å². The SMILES string of the molecule is CC(C)(C)c1ccc(C2CC(c3cc(=O)[nH]o3)CCN2C(=O)O)cc1. The molecule has 1 aliphatic heterocycles. The van der Waals surface area contributed by atoms with E-state index in [4.69, 9.17) is 4.52 Å². The van der Waals surface area contributed by atoms with Crippen molar-refractivity contribution < 1.29 is 14.4 Å². The molecule has 134 valence electrons. The number of nitrogens with one attached hydrogen (secondary N) is 1. The van der Waals surface area contributed by atoms with Gasteiger partial charge in [0.15, 0.2) is 0 Å². The second kappa shape index (κ2) is 6.43. The minimum absolute atomic E-state index is 0.0295. The maximum absolute atomic E-state index is 11.7. The number of amides is 1. The predicted octanol–water partition coefficient (Wildman–Crippen LogP) is 3.86. The number of benzene rings is 1. The van der Waals surface area contributed by atoms with E-state index in [1.54, 1.807) is 0 Å². The van der Waals surface area contributed by atoms with E-state index < -0.39 is 6.09 Å². The molecule has 1 aromatic heterocycles. The van der Waals surface area contributed by atoms with Crippen molar-refractivity contribution in [3.05, 3.63) is 57.6 Å². The highest BCUT2D eigenvalue weighted by atomic mass is 16.5. The fourth-order valence-corrected chi connectivity index (χ4v) is 3.47. The third-order valence-electron chi connectivity index (χ3n) is 4.95. The maximum Gasteiger partial charge on any atom is 0.407 e. The van der Waals surface area contributed by atoms with Crippen LogP contribution in [0.1, 0.15) is 62.5 Å². The molecule has 0 aliphatic carbocycles. The van der Waals surface area contributed by atoms with Crippen LogP contribution in [0.25, 0.3) is 0 Å². The summed E-state index contributed by atoms with van der Waals surface area (Å²) in [6.45, 7) is 6.86. The van der Waals surface area contributed by atoms with Crippen molar-refractivity contribution >= 4 is 6.09 Å². The molecule has 2 unspecified atom stereocenters. The number of piperidine rings is 1. The highest BCUT2D eigenvalue weighted by molar-refractivity contribution is 5.66. The van der Waals surface area contributed by atoms with Crippen molar-refractivity contribution in [2.45, 2.75) is 51.0 Å². The van der Waals surface area contributed by atoms with Gasteiger partial charge in [-0.2, -0.15) is 5.16 Å². The topological polar surface area (TPSA) is 86.5 Å². The zero-order valence-corrected chi connectivity index (χ0v) is 14.8. The number of carboxylic acid groups (broad SMARTS) is 1. The summed E-state index contributed by atoms with van der Waals surface area (Å²) in [5.74, 6) is 0.633. The van der Waals surface area contributed by atoms with Gasteiger partial charge in [-0.25, -0.2) is 4.79 Å². The van der Waals surface area contributed by atoms with Crippen molar-refractivity contribution in [2.24, 2.45) is 0 Å². The van der Waals surface area contributed by atoms with Crippen LogP contribution in [0.4, 0.5) is 4.79 Å². The molecule has 6 nitrogen and oxygen atoms in total. The lowest BCUT2D eigenvalue weighted by Gasteiger charge is -2.37. The minimum Gasteiger partial charge on any atom is -0.465 e. The Bertz CT molecular complexity index is 798. The molecular formula is C19H24N2O4. The zero-order valence-electron chi connectivity index (χ0n) is 14.8. The summed E-state index contributed by atoms with van der Waals surface area (Å²) in [6.07, 6.45) is 0.324. The van der Waals surface area contributed by atoms with E-state index in [9.17, 15) is 14.7 Å². The first-order valence-corrected chi connectivity index (χ1v) is 8.54. The highest BCUT2D eigenvalue weighted by Gasteiger charge is 2.34. The van der Waals surface area contributed by atoms with Gasteiger partial charge in [0, 0.05) is 18.5 Å². The summed E-state index contributed by atoms with van der Waals surface area (Å²) in [5.41, 5.74) is 1.97. The van der Waals surface area contributed by atoms with Crippen molar-refractivity contribution in [3.8, 4) is 0 Å². The molecule has 0 radical (unpaired) electrons. The quantitative estimate of drug-likeness (QED) is 0.866. The number of carbonyl (C=O) groups is 1. The Kier molecular flexibility index (Phi) is 4.45. The van der Waals surface area contributed by atoms with Gasteiger partial charge in [0.2, 0.25) is 0 Å². The number of hydrogen-bond donors (Lipinski definition) is 2. The molecule has 1 aliphatic rings. The summed E-state index contributed by atoms with van der Waals surface area (Å²) in [6, 6.07) is 9.37. The average Bonchev–Trinajstić information content (AvgIpc) is 3.00. The van der Waals surface area contributed by atoms with E-state index in [0.717, 1.165) is 5.56 Å². The van der Waals surface area contributed by atoms with Gasteiger partial charge in [0.1, 0.15) is 5.76 Å². The highest BCUT2D eigenvalue weighted by Crippen LogP contribution is 2.39. The van der Waals surface area contributed by atoms with Crippen LogP contribution in [0, 0.1) is 0 Å². The molecule has 2 atom stereocenters. The zero-order chi connectivity index (χ0) is 18.2. The molecule has 2 N–H and O–H groups in total. The van der Waals surface area contributed by atoms with E-state index in [1.165, 1.54) is 16.5 Å². The Morgan fingerprint density at radius 3 is 2.48 bits per heavy atom. The molecular weight excluding hydrogens is 320 g/mol. The Hall–Kier alpha value is -2.50. The van der Waals surface area contributed by atoms with E-state index in [2.05, 4.69) is 38.1 Å². The van der Waals surface area contributed by atoms with Gasteiger partial charge in [-0.15, -0.1) is 0 Å². The summed E-state index contributed by atoms with van der Waals surface area (Å²) < 4.78 is 5.24. The van der Waals surface area contributed by atoms with E-state index in [1.807, 2.05) is 12.1 Å². The minimum atomic E-state index is -0.918. The first-order valence-electron chi connectivity index (χ1n) is 8.54. The second-order valence-corrected chi connectivity index (χ2v) is 7.70. The largest absolute Gasteiger partial charge is 0.465 e. The van der Waals surface area contributed by atoms with Gasteiger partial charge in [0.05, 0.1) is 6.04 Å². The molecule has 1 fully saturated rings. The van der Waals surface area contributed by atoms with Gasteiger partial charge in [0.25, 0.3) is 5.56 Å². The van der Waals surface area contributed by atoms with Gasteiger partial charge >= 0.3 is 6.09 Å². The van der Waals surface area contributed by atoms with E-state index in [0.29, 0.717) is 25.1 Å². The second-order valence-electron chi connectivity index (χ2n) is 7.70. The fraction of sp³-hybridized carbons (Fsp3) is 0.474. The molecule has 25 heavy (non-hydrogen) atoms. The molecule has 1 amide bonds. The van der Waals surface area contributed by atoms with Crippen LogP contribution in [0.3, 0.4) is 0 Å². The predicted molar refractivity (Wildman–Crippen MR) is 93.9 cm³/mol. The van der Waals surface area contributed by atoms with Crippen LogP contribution in [0.15, 0.2) is 39.6 Å². The molecule has 2 aromatic rings. The molecule has 1 saturated heterocycles. The molecule has 0 spiro atoms. The Balaban J connectivity index is 1.88. The van der Waals surface area contributed by atoms with Crippen molar-refractivity contribution in [2.75, 3.05) is 6.54 Å². The lowest BCUT2D eigenvalue weighted by Crippen LogP contribution is -2.39. The number of nitrogens with zero attached hydrogens (tertiary/aromatic N) is 1. The number of H-pyrrole nitrogens is 1. The number of rotatable bonds is 2. The first-order chi connectivity index (χ1) is 11.8. The molecule has 0 saturated carbocycles. The van der Waals surface area contributed by atoms with Gasteiger partial charge in [-0.05, 0) is 29.4 Å². The van der Waals surface area contributed by atoms with Crippen LogP contribution in [-0.4, -0.2) is 27.8 Å². The van der Waals surface area contributed by atoms with Crippen LogP contribution in [0.5, 0.6) is 0 Å². The summed E-state index contributed by atoms with van der Waals surface area (Å²) in [5, 5.41) is 11.9. The number of aromatic amines is 1. The van der Waals surface area contributed by atoms with E-state index >= 15 is 0 Å². The monoisotopic (exact) mass is 344 g/mol. The number of likely N-dealkylation sites (tertiary alicyclic amines) is 1. The van der Waals surface area contributed by atoms with Gasteiger partial charge < -0.3 is 14.5 Å². The summed E-state index contributed by atoms with van der Waals surface area (Å²) in [4.78, 5) is 24.5. The molecule has 0 bridgehead atoms. The first kappa shape index (κ1) is 17.3. The number of hydrogen-bond acceptors (Lipinski definition) is 3. The van der Waals surface area contributed by atoms with Gasteiger partial charge in [-0.3, -0.25) is 4.79 Å². The molecule has 1 aromatic carbocycles. The Morgan fingerprint density at radius 2 is 1.96 bits per heavy atom. The number of aromatic nitrogens is 1. The molecule has 6 heteroatoms. The van der Waals surface area contributed by atoms with Crippen molar-refractivity contribution in [1.82, 2.24) is 10.1 Å². The third-order valence-corrected chi connectivity index (χ3v) is 4.95. The lowest BCUT2D eigenvalue weighted by atomic mass is 9.83. The third kappa shape index (κ3) is 3.62. The Morgan fingerprint density at radius 1 is 1.28 bits per heavy atom. The van der Waals surface area contributed by atoms with Crippen molar-refractivity contribution in [1.29, 1.82) is 0 Å². The normalized spacial score (nSPS) is 21.3. The van der Waals surface area contributed by atoms with E-state index in [-0.39, 0.29) is 22.9 Å². The smallest absolute Gasteiger partial charge is 0.407 e. The lowest BCUT2D eigenvalue weighted by molar-refractivity contribution is 0.0968. The standard InChI is InChI=1S/C19H24N2O4/c1-19(2,3)14-6-4-12(5-7-14)15-10-13(8-9-21(15)18(23)24)16-11-17(22)20-25-16/h4-7,11,13,15H,8-10H2,1-3H3,(H,20,22)(H,23,24). The average molecular weight is 344 g/mol. The molecule has 3 rings (SSSR count). The maximum atomic E-state index is 11.7. The van der Waals surface area contributed by atoms with Crippen LogP contribution in [0.2, 0.25) is 0 Å². The summed E-state index contributed by atoms with van der Waals surface area (Å²) in [7, 11) is 0. The van der Waals surface area contributed by atoms with Crippen LogP contribution < -0.4 is 5.56 Å².